The van der Waals surface area contributed by atoms with Crippen molar-refractivity contribution in [2.45, 2.75) is 26.3 Å². The van der Waals surface area contributed by atoms with Gasteiger partial charge in [0, 0.05) is 29.4 Å². The molecule has 0 aliphatic carbocycles. The molecule has 1 aromatic carbocycles. The number of aromatic nitrogens is 2. The number of benzene rings is 1. The standard InChI is InChI=1S/C20H21ClN4OS/c1-13-3-2-8-25(10-13)11-16-12-27-20(22-16)24-19(26)15-4-6-17-14(9-15)5-7-18(21)23-17/h4-7,9,12-13H,2-3,8,10-11H2,1H3,(H,22,24,26). The molecule has 4 rings (SSSR count). The van der Waals surface area contributed by atoms with Crippen LogP contribution in [0.25, 0.3) is 10.9 Å². The molecule has 0 bridgehead atoms. The zero-order valence-corrected chi connectivity index (χ0v) is 16.7. The summed E-state index contributed by atoms with van der Waals surface area (Å²) in [5.41, 5.74) is 2.36. The first kappa shape index (κ1) is 18.3. The number of thiazole rings is 1. The quantitative estimate of drug-likeness (QED) is 0.637. The Balaban J connectivity index is 1.42. The number of carbonyl (C=O) groups is 1. The first-order valence-corrected chi connectivity index (χ1v) is 10.4. The maximum atomic E-state index is 12.6. The van der Waals surface area contributed by atoms with Gasteiger partial charge in [-0.05, 0) is 55.6 Å². The van der Waals surface area contributed by atoms with Gasteiger partial charge in [-0.2, -0.15) is 0 Å². The van der Waals surface area contributed by atoms with Gasteiger partial charge in [0.1, 0.15) is 5.15 Å². The Bertz CT molecular complexity index is 974. The lowest BCUT2D eigenvalue weighted by atomic mass is 10.0. The predicted octanol–water partition coefficient (Wildman–Crippen LogP) is 4.83. The summed E-state index contributed by atoms with van der Waals surface area (Å²) < 4.78 is 0. The number of piperidine rings is 1. The van der Waals surface area contributed by atoms with Crippen LogP contribution in [0, 0.1) is 5.92 Å². The van der Waals surface area contributed by atoms with Crippen LogP contribution in [0.4, 0.5) is 5.13 Å². The highest BCUT2D eigenvalue weighted by Crippen LogP contribution is 2.22. The average molecular weight is 401 g/mol. The Morgan fingerprint density at radius 1 is 1.33 bits per heavy atom. The minimum atomic E-state index is -0.167. The summed E-state index contributed by atoms with van der Waals surface area (Å²) >= 11 is 7.38. The zero-order valence-electron chi connectivity index (χ0n) is 15.1. The van der Waals surface area contributed by atoms with E-state index in [-0.39, 0.29) is 5.91 Å². The summed E-state index contributed by atoms with van der Waals surface area (Å²) in [6, 6.07) is 8.96. The van der Waals surface area contributed by atoms with Gasteiger partial charge in [0.2, 0.25) is 0 Å². The van der Waals surface area contributed by atoms with E-state index in [1.807, 2.05) is 17.5 Å². The molecule has 3 aromatic rings. The molecule has 1 amide bonds. The van der Waals surface area contributed by atoms with E-state index in [0.29, 0.717) is 15.8 Å². The van der Waals surface area contributed by atoms with Gasteiger partial charge in [-0.3, -0.25) is 15.0 Å². The van der Waals surface area contributed by atoms with Gasteiger partial charge in [0.25, 0.3) is 5.91 Å². The maximum Gasteiger partial charge on any atom is 0.257 e. The van der Waals surface area contributed by atoms with E-state index in [9.17, 15) is 4.79 Å². The number of carbonyl (C=O) groups excluding carboxylic acids is 1. The van der Waals surface area contributed by atoms with Gasteiger partial charge in [0.05, 0.1) is 11.2 Å². The number of likely N-dealkylation sites (tertiary alicyclic amines) is 1. The number of fused-ring (bicyclic) bond motifs is 1. The average Bonchev–Trinajstić information content (AvgIpc) is 3.08. The second-order valence-corrected chi connectivity index (χ2v) is 8.37. The van der Waals surface area contributed by atoms with Gasteiger partial charge in [0.15, 0.2) is 5.13 Å². The minimum Gasteiger partial charge on any atom is -0.298 e. The number of nitrogens with zero attached hydrogens (tertiary/aromatic N) is 3. The number of anilines is 1. The van der Waals surface area contributed by atoms with Crippen LogP contribution in [0.3, 0.4) is 0 Å². The highest BCUT2D eigenvalue weighted by atomic mass is 35.5. The molecule has 7 heteroatoms. The van der Waals surface area contributed by atoms with Crippen molar-refractivity contribution >= 4 is 44.9 Å². The number of hydrogen-bond donors (Lipinski definition) is 1. The molecule has 140 valence electrons. The highest BCUT2D eigenvalue weighted by molar-refractivity contribution is 7.14. The lowest BCUT2D eigenvalue weighted by molar-refractivity contribution is 0.102. The SMILES string of the molecule is CC1CCCN(Cc2csc(NC(=O)c3ccc4nc(Cl)ccc4c3)n2)C1. The van der Waals surface area contributed by atoms with Gasteiger partial charge < -0.3 is 0 Å². The Labute approximate surface area is 167 Å². The van der Waals surface area contributed by atoms with E-state index < -0.39 is 0 Å². The van der Waals surface area contributed by atoms with Crippen molar-refractivity contribution in [2.24, 2.45) is 5.92 Å². The molecular weight excluding hydrogens is 380 g/mol. The van der Waals surface area contributed by atoms with Crippen LogP contribution in [-0.4, -0.2) is 33.9 Å². The molecule has 1 atom stereocenters. The van der Waals surface area contributed by atoms with Crippen LogP contribution in [0.15, 0.2) is 35.7 Å². The molecule has 3 heterocycles. The Morgan fingerprint density at radius 2 is 2.22 bits per heavy atom. The van der Waals surface area contributed by atoms with Crippen molar-refractivity contribution in [2.75, 3.05) is 18.4 Å². The summed E-state index contributed by atoms with van der Waals surface area (Å²) in [5.74, 6) is 0.577. The fourth-order valence-corrected chi connectivity index (χ4v) is 4.36. The summed E-state index contributed by atoms with van der Waals surface area (Å²) in [5, 5.41) is 6.89. The predicted molar refractivity (Wildman–Crippen MR) is 110 cm³/mol. The van der Waals surface area contributed by atoms with E-state index in [2.05, 4.69) is 27.1 Å². The maximum absolute atomic E-state index is 12.6. The zero-order chi connectivity index (χ0) is 18.8. The molecule has 1 aliphatic rings. The van der Waals surface area contributed by atoms with Gasteiger partial charge >= 0.3 is 0 Å². The number of rotatable bonds is 4. The molecule has 5 nitrogen and oxygen atoms in total. The largest absolute Gasteiger partial charge is 0.298 e. The van der Waals surface area contributed by atoms with Crippen molar-refractivity contribution in [3.05, 3.63) is 52.1 Å². The van der Waals surface area contributed by atoms with Crippen molar-refractivity contribution in [3.63, 3.8) is 0 Å². The topological polar surface area (TPSA) is 58.1 Å². The van der Waals surface area contributed by atoms with Gasteiger partial charge in [-0.25, -0.2) is 9.97 Å². The van der Waals surface area contributed by atoms with Crippen molar-refractivity contribution in [3.8, 4) is 0 Å². The third-order valence-electron chi connectivity index (χ3n) is 4.82. The van der Waals surface area contributed by atoms with Crippen molar-refractivity contribution in [1.82, 2.24) is 14.9 Å². The fraction of sp³-hybridized carbons (Fsp3) is 0.350. The molecule has 1 N–H and O–H groups in total. The van der Waals surface area contributed by atoms with Crippen LogP contribution < -0.4 is 5.32 Å². The molecule has 0 saturated carbocycles. The highest BCUT2D eigenvalue weighted by Gasteiger charge is 2.18. The van der Waals surface area contributed by atoms with E-state index >= 15 is 0 Å². The lowest BCUT2D eigenvalue weighted by Gasteiger charge is -2.30. The smallest absolute Gasteiger partial charge is 0.257 e. The number of halogens is 1. The summed E-state index contributed by atoms with van der Waals surface area (Å²) in [6.07, 6.45) is 2.55. The Morgan fingerprint density at radius 3 is 3.07 bits per heavy atom. The first-order valence-electron chi connectivity index (χ1n) is 9.11. The van der Waals surface area contributed by atoms with E-state index in [1.54, 1.807) is 18.2 Å². The van der Waals surface area contributed by atoms with Crippen LogP contribution in [0.5, 0.6) is 0 Å². The minimum absolute atomic E-state index is 0.167. The second kappa shape index (κ2) is 7.92. The molecule has 1 fully saturated rings. The molecule has 1 aliphatic heterocycles. The summed E-state index contributed by atoms with van der Waals surface area (Å²) in [7, 11) is 0. The normalized spacial score (nSPS) is 17.9. The number of nitrogens with one attached hydrogen (secondary N) is 1. The van der Waals surface area contributed by atoms with Crippen LogP contribution >= 0.6 is 22.9 Å². The Kier molecular flexibility index (Phi) is 5.38. The van der Waals surface area contributed by atoms with Crippen LogP contribution in [0.1, 0.15) is 35.8 Å². The monoisotopic (exact) mass is 400 g/mol. The first-order chi connectivity index (χ1) is 13.1. The number of hydrogen-bond acceptors (Lipinski definition) is 5. The molecule has 2 aromatic heterocycles. The number of amides is 1. The van der Waals surface area contributed by atoms with E-state index in [1.165, 1.54) is 24.2 Å². The Hall–Kier alpha value is -2.02. The molecule has 27 heavy (non-hydrogen) atoms. The molecule has 0 spiro atoms. The van der Waals surface area contributed by atoms with E-state index in [0.717, 1.165) is 42.1 Å². The number of pyridine rings is 1. The van der Waals surface area contributed by atoms with Crippen molar-refractivity contribution < 1.29 is 4.79 Å². The van der Waals surface area contributed by atoms with E-state index in [4.69, 9.17) is 11.6 Å². The third-order valence-corrected chi connectivity index (χ3v) is 5.83. The van der Waals surface area contributed by atoms with Gasteiger partial charge in [-0.1, -0.05) is 18.5 Å². The third kappa shape index (κ3) is 4.46. The van der Waals surface area contributed by atoms with Crippen molar-refractivity contribution in [1.29, 1.82) is 0 Å². The van der Waals surface area contributed by atoms with Gasteiger partial charge in [-0.15, -0.1) is 11.3 Å². The summed E-state index contributed by atoms with van der Waals surface area (Å²) in [6.45, 7) is 5.39. The summed E-state index contributed by atoms with van der Waals surface area (Å²) in [4.78, 5) is 23.8. The molecule has 1 unspecified atom stereocenters. The lowest BCUT2D eigenvalue weighted by Crippen LogP contribution is -2.33. The molecule has 1 saturated heterocycles. The van der Waals surface area contributed by atoms with Crippen LogP contribution in [0.2, 0.25) is 5.15 Å². The molecule has 0 radical (unpaired) electrons. The second-order valence-electron chi connectivity index (χ2n) is 7.12. The molecular formula is C20H21ClN4OS. The fourth-order valence-electron chi connectivity index (χ4n) is 3.51. The van der Waals surface area contributed by atoms with Crippen LogP contribution in [-0.2, 0) is 6.54 Å².